The molecule has 1 radical (unpaired) electrons. The van der Waals surface area contributed by atoms with E-state index in [1.807, 2.05) is 14.0 Å². The molecule has 0 atom stereocenters. The summed E-state index contributed by atoms with van der Waals surface area (Å²) < 4.78 is 1.78. The van der Waals surface area contributed by atoms with Crippen molar-refractivity contribution in [2.24, 2.45) is 7.05 Å². The molecule has 0 N–H and O–H groups in total. The van der Waals surface area contributed by atoms with E-state index in [4.69, 9.17) is 0 Å². The van der Waals surface area contributed by atoms with E-state index in [1.165, 1.54) is 0 Å². The van der Waals surface area contributed by atoms with Crippen molar-refractivity contribution in [2.75, 3.05) is 0 Å². The number of nitrogens with zero attached hydrogens (tertiary/aromatic N) is 2. The molecule has 2 nitrogen and oxygen atoms in total. The number of rotatable bonds is 0. The summed E-state index contributed by atoms with van der Waals surface area (Å²) in [5.74, 6) is 0. The van der Waals surface area contributed by atoms with Crippen LogP contribution >= 0.6 is 0 Å². The molecule has 1 rings (SSSR count). The van der Waals surface area contributed by atoms with Gasteiger partial charge >= 0.3 is 0 Å². The Labute approximate surface area is 42.8 Å². The molecule has 0 saturated carbocycles. The Morgan fingerprint density at radius 1 is 1.86 bits per heavy atom. The van der Waals surface area contributed by atoms with Crippen molar-refractivity contribution in [3.05, 3.63) is 18.0 Å². The van der Waals surface area contributed by atoms with Crippen LogP contribution in [0.3, 0.4) is 0 Å². The zero-order valence-electron chi connectivity index (χ0n) is 4.47. The number of aryl methyl sites for hydroxylation is 2. The fourth-order valence-corrected chi connectivity index (χ4v) is 0.389. The molecule has 0 aromatic carbocycles. The van der Waals surface area contributed by atoms with Gasteiger partial charge in [0.1, 0.15) is 0 Å². The summed E-state index contributed by atoms with van der Waals surface area (Å²) in [6, 6.07) is 2.92. The first-order valence-corrected chi connectivity index (χ1v) is 2.17. The van der Waals surface area contributed by atoms with E-state index in [1.54, 1.807) is 10.9 Å². The maximum Gasteiger partial charge on any atom is 0.0572 e. The minimum atomic E-state index is 1.07. The molecule has 37 valence electrons. The van der Waals surface area contributed by atoms with Gasteiger partial charge in [0.15, 0.2) is 0 Å². The average molecular weight is 95.1 g/mol. The highest BCUT2D eigenvalue weighted by Gasteiger charge is 1.84. The highest BCUT2D eigenvalue weighted by Crippen LogP contribution is 1.87. The van der Waals surface area contributed by atoms with Crippen molar-refractivity contribution in [3.8, 4) is 0 Å². The van der Waals surface area contributed by atoms with Crippen LogP contribution in [0.2, 0.25) is 0 Å². The topological polar surface area (TPSA) is 17.8 Å². The Kier molecular flexibility index (Phi) is 0.855. The van der Waals surface area contributed by atoms with E-state index in [0.717, 1.165) is 5.69 Å². The molecule has 1 heterocycles. The summed E-state index contributed by atoms with van der Waals surface area (Å²) in [7, 11) is 1.89. The van der Waals surface area contributed by atoms with Crippen LogP contribution in [0.1, 0.15) is 5.69 Å². The van der Waals surface area contributed by atoms with Crippen LogP contribution < -0.4 is 0 Å². The third-order valence-corrected chi connectivity index (χ3v) is 0.990. The Morgan fingerprint density at radius 2 is 2.57 bits per heavy atom. The van der Waals surface area contributed by atoms with E-state index >= 15 is 0 Å². The van der Waals surface area contributed by atoms with E-state index in [9.17, 15) is 0 Å². The van der Waals surface area contributed by atoms with Gasteiger partial charge in [0.05, 0.1) is 6.20 Å². The van der Waals surface area contributed by atoms with Gasteiger partial charge in [0.25, 0.3) is 0 Å². The third-order valence-electron chi connectivity index (χ3n) is 0.990. The molecule has 2 heteroatoms. The lowest BCUT2D eigenvalue weighted by atomic mass is 10.5. The second-order valence-electron chi connectivity index (χ2n) is 1.50. The Morgan fingerprint density at radius 3 is 2.71 bits per heavy atom. The van der Waals surface area contributed by atoms with Gasteiger partial charge in [0.2, 0.25) is 0 Å². The summed E-state index contributed by atoms with van der Waals surface area (Å²) in [4.78, 5) is 0. The smallest absolute Gasteiger partial charge is 0.0572 e. The fraction of sp³-hybridized carbons (Fsp3) is 0.400. The Hall–Kier alpha value is -0.790. The maximum atomic E-state index is 3.88. The lowest BCUT2D eigenvalue weighted by molar-refractivity contribution is 0.740. The summed E-state index contributed by atoms with van der Waals surface area (Å²) in [5, 5.41) is 3.88. The predicted octanol–water partition coefficient (Wildman–Crippen LogP) is 0.529. The zero-order valence-corrected chi connectivity index (χ0v) is 4.47. The summed E-state index contributed by atoms with van der Waals surface area (Å²) in [5.41, 5.74) is 1.07. The van der Waals surface area contributed by atoms with Crippen LogP contribution in [-0.2, 0) is 7.05 Å². The molecule has 0 aliphatic heterocycles. The SMILES string of the molecule is Cc1[c]cnn1C. The van der Waals surface area contributed by atoms with Crippen molar-refractivity contribution >= 4 is 0 Å². The van der Waals surface area contributed by atoms with Crippen molar-refractivity contribution in [1.29, 1.82) is 0 Å². The van der Waals surface area contributed by atoms with Crippen LogP contribution in [0.4, 0.5) is 0 Å². The van der Waals surface area contributed by atoms with Crippen LogP contribution in [0.15, 0.2) is 6.20 Å². The predicted molar refractivity (Wildman–Crippen MR) is 26.8 cm³/mol. The van der Waals surface area contributed by atoms with Crippen molar-refractivity contribution in [3.63, 3.8) is 0 Å². The summed E-state index contributed by atoms with van der Waals surface area (Å²) in [6.45, 7) is 1.97. The molecule has 0 fully saturated rings. The fourth-order valence-electron chi connectivity index (χ4n) is 0.389. The molecule has 1 aromatic rings. The number of aromatic nitrogens is 2. The maximum absolute atomic E-state index is 3.88. The van der Waals surface area contributed by atoms with Crippen LogP contribution in [-0.4, -0.2) is 9.78 Å². The minimum absolute atomic E-state index is 1.07. The van der Waals surface area contributed by atoms with Gasteiger partial charge in [0, 0.05) is 18.8 Å². The van der Waals surface area contributed by atoms with Crippen LogP contribution in [0.5, 0.6) is 0 Å². The van der Waals surface area contributed by atoms with E-state index in [0.29, 0.717) is 0 Å². The van der Waals surface area contributed by atoms with Crippen LogP contribution in [0, 0.1) is 13.0 Å². The zero-order chi connectivity index (χ0) is 5.28. The second kappa shape index (κ2) is 1.37. The van der Waals surface area contributed by atoms with Crippen molar-refractivity contribution in [2.45, 2.75) is 6.92 Å². The molecule has 0 saturated heterocycles. The van der Waals surface area contributed by atoms with Gasteiger partial charge in [-0.05, 0) is 6.92 Å². The van der Waals surface area contributed by atoms with Gasteiger partial charge < -0.3 is 0 Å². The molecule has 0 aliphatic rings. The second-order valence-corrected chi connectivity index (χ2v) is 1.50. The minimum Gasteiger partial charge on any atom is -0.272 e. The first-order chi connectivity index (χ1) is 3.30. The highest BCUT2D eigenvalue weighted by atomic mass is 15.2. The first kappa shape index (κ1) is 4.37. The number of hydrogen-bond donors (Lipinski definition) is 0. The molecule has 0 unspecified atom stereocenters. The molecule has 0 spiro atoms. The quantitative estimate of drug-likeness (QED) is 0.459. The molecule has 0 aliphatic carbocycles. The summed E-state index contributed by atoms with van der Waals surface area (Å²) >= 11 is 0. The summed E-state index contributed by atoms with van der Waals surface area (Å²) in [6.07, 6.45) is 1.66. The molecule has 1 aromatic heterocycles. The molecular weight excluding hydrogens is 88.1 g/mol. The molecule has 7 heavy (non-hydrogen) atoms. The van der Waals surface area contributed by atoms with E-state index in [2.05, 4.69) is 11.2 Å². The van der Waals surface area contributed by atoms with Gasteiger partial charge in [-0.1, -0.05) is 0 Å². The van der Waals surface area contributed by atoms with E-state index < -0.39 is 0 Å². The first-order valence-electron chi connectivity index (χ1n) is 2.17. The lowest BCUT2D eigenvalue weighted by Crippen LogP contribution is -1.90. The monoisotopic (exact) mass is 95.1 g/mol. The Balaban J connectivity index is 3.12. The van der Waals surface area contributed by atoms with Gasteiger partial charge in [-0.15, -0.1) is 0 Å². The molecular formula is C5H7N2. The van der Waals surface area contributed by atoms with Crippen molar-refractivity contribution < 1.29 is 0 Å². The standard InChI is InChI=1S/C5H7N2/c1-5-3-4-6-7(5)2/h4H,1-2H3. The van der Waals surface area contributed by atoms with Crippen LogP contribution in [0.25, 0.3) is 0 Å². The lowest BCUT2D eigenvalue weighted by Gasteiger charge is -1.86. The largest absolute Gasteiger partial charge is 0.272 e. The third kappa shape index (κ3) is 0.633. The Bertz CT molecular complexity index is 138. The molecule has 0 bridgehead atoms. The van der Waals surface area contributed by atoms with Gasteiger partial charge in [-0.3, -0.25) is 4.68 Å². The van der Waals surface area contributed by atoms with E-state index in [-0.39, 0.29) is 0 Å². The highest BCUT2D eigenvalue weighted by molar-refractivity contribution is 4.92. The number of hydrogen-bond acceptors (Lipinski definition) is 1. The normalized spacial score (nSPS) is 9.43. The molecule has 0 amide bonds. The van der Waals surface area contributed by atoms with Gasteiger partial charge in [-0.2, -0.15) is 5.10 Å². The van der Waals surface area contributed by atoms with Crippen molar-refractivity contribution in [1.82, 2.24) is 9.78 Å². The van der Waals surface area contributed by atoms with Gasteiger partial charge in [-0.25, -0.2) is 0 Å². The average Bonchev–Trinajstić information content (AvgIpc) is 1.91.